The molecule has 0 aromatic carbocycles. The molecule has 1 aromatic heterocycles. The highest BCUT2D eigenvalue weighted by atomic mass is 32.1. The fourth-order valence-electron chi connectivity index (χ4n) is 2.87. The van der Waals surface area contributed by atoms with Crippen molar-refractivity contribution in [3.63, 3.8) is 0 Å². The molecule has 3 nitrogen and oxygen atoms in total. The predicted molar refractivity (Wildman–Crippen MR) is 74.4 cm³/mol. The molecule has 0 amide bonds. The van der Waals surface area contributed by atoms with Crippen LogP contribution >= 0.6 is 11.3 Å². The van der Waals surface area contributed by atoms with E-state index in [1.54, 1.807) is 11.3 Å². The van der Waals surface area contributed by atoms with Crippen molar-refractivity contribution in [2.24, 2.45) is 0 Å². The number of nitrogens with one attached hydrogen (secondary N) is 1. The van der Waals surface area contributed by atoms with Crippen molar-refractivity contribution >= 4 is 17.1 Å². The number of ketones is 1. The Kier molecular flexibility index (Phi) is 3.00. The average molecular weight is 270 g/mol. The van der Waals surface area contributed by atoms with Crippen LogP contribution in [0.4, 0.5) is 0 Å². The summed E-state index contributed by atoms with van der Waals surface area (Å²) in [5.41, 5.74) is 3.40. The molecule has 4 heteroatoms. The number of carbonyl (C=O) groups is 1. The van der Waals surface area contributed by atoms with E-state index < -0.39 is 0 Å². The van der Waals surface area contributed by atoms with Gasteiger partial charge in [0.15, 0.2) is 5.78 Å². The standard InChI is InChI=1S/C15H14N2OS/c1-9-10(8-16)14(13-6-3-7-19-13)15-11(17-9)4-2-5-12(15)18/h3,6-7,14,17H,2,4-5H2,1H3/t14-/m1/s1. The molecule has 0 radical (unpaired) electrons. The zero-order valence-corrected chi connectivity index (χ0v) is 11.5. The lowest BCUT2D eigenvalue weighted by atomic mass is 9.78. The zero-order chi connectivity index (χ0) is 13.4. The van der Waals surface area contributed by atoms with E-state index in [9.17, 15) is 10.1 Å². The maximum absolute atomic E-state index is 12.3. The first-order valence-electron chi connectivity index (χ1n) is 6.40. The van der Waals surface area contributed by atoms with Gasteiger partial charge in [-0.1, -0.05) is 6.07 Å². The van der Waals surface area contributed by atoms with Crippen LogP contribution < -0.4 is 5.32 Å². The first-order valence-corrected chi connectivity index (χ1v) is 7.28. The van der Waals surface area contributed by atoms with Crippen molar-refractivity contribution in [2.75, 3.05) is 0 Å². The van der Waals surface area contributed by atoms with Crippen molar-refractivity contribution in [1.82, 2.24) is 5.32 Å². The van der Waals surface area contributed by atoms with E-state index in [4.69, 9.17) is 0 Å². The van der Waals surface area contributed by atoms with Crippen LogP contribution in [0.3, 0.4) is 0 Å². The number of dihydropyridines is 1. The first kappa shape index (κ1) is 12.2. The van der Waals surface area contributed by atoms with Crippen LogP contribution in [0.15, 0.2) is 40.1 Å². The summed E-state index contributed by atoms with van der Waals surface area (Å²) < 4.78 is 0. The van der Waals surface area contributed by atoms with Gasteiger partial charge in [-0.15, -0.1) is 11.3 Å². The zero-order valence-electron chi connectivity index (χ0n) is 10.7. The van der Waals surface area contributed by atoms with Crippen molar-refractivity contribution < 1.29 is 4.79 Å². The largest absolute Gasteiger partial charge is 0.361 e. The predicted octanol–water partition coefficient (Wildman–Crippen LogP) is 3.24. The van der Waals surface area contributed by atoms with Crippen LogP contribution in [0.25, 0.3) is 0 Å². The minimum Gasteiger partial charge on any atom is -0.361 e. The minimum atomic E-state index is -0.158. The van der Waals surface area contributed by atoms with Crippen LogP contribution in [0.5, 0.6) is 0 Å². The fourth-order valence-corrected chi connectivity index (χ4v) is 3.71. The van der Waals surface area contributed by atoms with Gasteiger partial charge in [0, 0.05) is 28.3 Å². The van der Waals surface area contributed by atoms with Crippen molar-refractivity contribution in [1.29, 1.82) is 5.26 Å². The molecule has 1 atom stereocenters. The second kappa shape index (κ2) is 4.67. The lowest BCUT2D eigenvalue weighted by Crippen LogP contribution is -2.30. The third-order valence-corrected chi connectivity index (χ3v) is 4.66. The number of nitriles is 1. The van der Waals surface area contributed by atoms with Gasteiger partial charge in [0.1, 0.15) is 0 Å². The van der Waals surface area contributed by atoms with E-state index in [1.807, 2.05) is 24.4 Å². The Bertz CT molecular complexity index is 632. The summed E-state index contributed by atoms with van der Waals surface area (Å²) in [6, 6.07) is 6.27. The van der Waals surface area contributed by atoms with Crippen LogP contribution in [-0.4, -0.2) is 5.78 Å². The summed E-state index contributed by atoms with van der Waals surface area (Å²) in [5, 5.41) is 14.7. The molecule has 0 saturated heterocycles. The van der Waals surface area contributed by atoms with Gasteiger partial charge in [-0.2, -0.15) is 5.26 Å². The van der Waals surface area contributed by atoms with E-state index in [1.165, 1.54) is 0 Å². The summed E-state index contributed by atoms with van der Waals surface area (Å²) in [4.78, 5) is 13.4. The first-order chi connectivity index (χ1) is 9.22. The number of hydrogen-bond donors (Lipinski definition) is 1. The molecule has 3 rings (SSSR count). The Hall–Kier alpha value is -1.86. The molecule has 1 aromatic rings. The molecule has 0 fully saturated rings. The number of allylic oxidation sites excluding steroid dienone is 4. The minimum absolute atomic E-state index is 0.158. The molecule has 96 valence electrons. The summed E-state index contributed by atoms with van der Waals surface area (Å²) in [7, 11) is 0. The smallest absolute Gasteiger partial charge is 0.161 e. The Labute approximate surface area is 116 Å². The third kappa shape index (κ3) is 1.91. The van der Waals surface area contributed by atoms with Crippen LogP contribution in [0.2, 0.25) is 0 Å². The SMILES string of the molecule is CC1=C(C#N)[C@H](c2cccs2)C2=C(CCCC2=O)N1. The molecule has 1 aliphatic carbocycles. The summed E-state index contributed by atoms with van der Waals surface area (Å²) >= 11 is 1.61. The van der Waals surface area contributed by atoms with Crippen LogP contribution in [-0.2, 0) is 4.79 Å². The van der Waals surface area contributed by atoms with Gasteiger partial charge in [-0.25, -0.2) is 0 Å². The molecule has 1 N–H and O–H groups in total. The lowest BCUT2D eigenvalue weighted by molar-refractivity contribution is -0.116. The van der Waals surface area contributed by atoms with E-state index in [-0.39, 0.29) is 11.7 Å². The van der Waals surface area contributed by atoms with Crippen molar-refractivity contribution in [3.05, 3.63) is 44.9 Å². The maximum atomic E-state index is 12.3. The molecule has 2 heterocycles. The maximum Gasteiger partial charge on any atom is 0.161 e. The van der Waals surface area contributed by atoms with Gasteiger partial charge >= 0.3 is 0 Å². The number of rotatable bonds is 1. The number of nitrogens with zero attached hydrogens (tertiary/aromatic N) is 1. The van der Waals surface area contributed by atoms with Gasteiger partial charge < -0.3 is 5.32 Å². The van der Waals surface area contributed by atoms with Crippen LogP contribution in [0.1, 0.15) is 37.0 Å². The average Bonchev–Trinajstić information content (AvgIpc) is 2.91. The highest BCUT2D eigenvalue weighted by Gasteiger charge is 2.36. The normalized spacial score (nSPS) is 22.9. The van der Waals surface area contributed by atoms with Gasteiger partial charge in [0.25, 0.3) is 0 Å². The Morgan fingerprint density at radius 3 is 3.00 bits per heavy atom. The van der Waals surface area contributed by atoms with E-state index in [2.05, 4.69) is 11.4 Å². The molecule has 2 aliphatic rings. The Balaban J connectivity index is 2.18. The summed E-state index contributed by atoms with van der Waals surface area (Å²) in [6.45, 7) is 1.92. The molecular formula is C15H14N2OS. The molecular weight excluding hydrogens is 256 g/mol. The topological polar surface area (TPSA) is 52.9 Å². The summed E-state index contributed by atoms with van der Waals surface area (Å²) in [5.74, 6) is 0.0291. The summed E-state index contributed by atoms with van der Waals surface area (Å²) in [6.07, 6.45) is 2.40. The van der Waals surface area contributed by atoms with E-state index >= 15 is 0 Å². The number of thiophene rings is 1. The molecule has 1 aliphatic heterocycles. The molecule has 0 spiro atoms. The molecule has 0 bridgehead atoms. The quantitative estimate of drug-likeness (QED) is 0.852. The number of carbonyl (C=O) groups excluding carboxylic acids is 1. The molecule has 0 unspecified atom stereocenters. The van der Waals surface area contributed by atoms with Gasteiger partial charge in [-0.3, -0.25) is 4.79 Å². The molecule has 0 saturated carbocycles. The second-order valence-electron chi connectivity index (χ2n) is 4.89. The van der Waals surface area contributed by atoms with E-state index in [0.717, 1.165) is 34.7 Å². The van der Waals surface area contributed by atoms with Gasteiger partial charge in [0.05, 0.1) is 17.6 Å². The highest BCUT2D eigenvalue weighted by Crippen LogP contribution is 2.42. The monoisotopic (exact) mass is 270 g/mol. The number of Topliss-reactive ketones (excluding diaryl/α,β-unsaturated/α-hetero) is 1. The molecule has 19 heavy (non-hydrogen) atoms. The number of hydrogen-bond acceptors (Lipinski definition) is 4. The highest BCUT2D eigenvalue weighted by molar-refractivity contribution is 7.10. The van der Waals surface area contributed by atoms with Gasteiger partial charge in [0.2, 0.25) is 0 Å². The second-order valence-corrected chi connectivity index (χ2v) is 5.87. The van der Waals surface area contributed by atoms with Crippen LogP contribution in [0, 0.1) is 11.3 Å². The fraction of sp³-hybridized carbons (Fsp3) is 0.333. The third-order valence-electron chi connectivity index (χ3n) is 3.72. The van der Waals surface area contributed by atoms with Gasteiger partial charge in [-0.05, 0) is 31.2 Å². The lowest BCUT2D eigenvalue weighted by Gasteiger charge is -2.31. The Morgan fingerprint density at radius 2 is 2.32 bits per heavy atom. The van der Waals surface area contributed by atoms with E-state index in [0.29, 0.717) is 12.0 Å². The Morgan fingerprint density at radius 1 is 1.47 bits per heavy atom. The van der Waals surface area contributed by atoms with Crippen molar-refractivity contribution in [2.45, 2.75) is 32.1 Å². The van der Waals surface area contributed by atoms with Crippen molar-refractivity contribution in [3.8, 4) is 6.07 Å².